The highest BCUT2D eigenvalue weighted by Gasteiger charge is 2.25. The average molecular weight is 316 g/mol. The second kappa shape index (κ2) is 7.00. The SMILES string of the molecule is CCNC(=O)N1CCc2ccc(NC(=O)C3CCCCN3)cc21. The predicted octanol–water partition coefficient (Wildman–Crippen LogP) is 1.86. The van der Waals surface area contributed by atoms with E-state index < -0.39 is 0 Å². The summed E-state index contributed by atoms with van der Waals surface area (Å²) in [5, 5.41) is 9.05. The van der Waals surface area contributed by atoms with Gasteiger partial charge in [0.05, 0.1) is 11.7 Å². The van der Waals surface area contributed by atoms with Crippen LogP contribution in [0.25, 0.3) is 0 Å². The number of urea groups is 1. The summed E-state index contributed by atoms with van der Waals surface area (Å²) in [5.41, 5.74) is 2.78. The lowest BCUT2D eigenvalue weighted by atomic mass is 10.0. The van der Waals surface area contributed by atoms with Crippen LogP contribution in [0.1, 0.15) is 31.7 Å². The number of rotatable bonds is 3. The number of anilines is 2. The van der Waals surface area contributed by atoms with Crippen molar-refractivity contribution in [1.29, 1.82) is 0 Å². The van der Waals surface area contributed by atoms with Crippen molar-refractivity contribution in [3.8, 4) is 0 Å². The molecule has 1 fully saturated rings. The zero-order valence-corrected chi connectivity index (χ0v) is 13.5. The van der Waals surface area contributed by atoms with Crippen molar-refractivity contribution >= 4 is 23.3 Å². The van der Waals surface area contributed by atoms with Gasteiger partial charge in [-0.3, -0.25) is 9.69 Å². The molecule has 0 aromatic heterocycles. The number of hydrogen-bond acceptors (Lipinski definition) is 3. The molecule has 1 saturated heterocycles. The van der Waals surface area contributed by atoms with Gasteiger partial charge in [0, 0.05) is 18.8 Å². The molecule has 0 saturated carbocycles. The van der Waals surface area contributed by atoms with Crippen molar-refractivity contribution in [3.05, 3.63) is 23.8 Å². The lowest BCUT2D eigenvalue weighted by Gasteiger charge is -2.23. The molecule has 3 rings (SSSR count). The normalized spacial score (nSPS) is 20.0. The third-order valence-electron chi connectivity index (χ3n) is 4.45. The molecule has 0 bridgehead atoms. The fraction of sp³-hybridized carbons (Fsp3) is 0.529. The van der Waals surface area contributed by atoms with Crippen molar-refractivity contribution in [1.82, 2.24) is 10.6 Å². The van der Waals surface area contributed by atoms with Gasteiger partial charge in [0.1, 0.15) is 0 Å². The molecule has 2 aliphatic rings. The molecule has 1 unspecified atom stereocenters. The van der Waals surface area contributed by atoms with E-state index in [-0.39, 0.29) is 18.0 Å². The van der Waals surface area contributed by atoms with Gasteiger partial charge in [0.15, 0.2) is 0 Å². The number of fused-ring (bicyclic) bond motifs is 1. The smallest absolute Gasteiger partial charge is 0.321 e. The minimum Gasteiger partial charge on any atom is -0.338 e. The number of benzene rings is 1. The summed E-state index contributed by atoms with van der Waals surface area (Å²) in [6.07, 6.45) is 3.94. The van der Waals surface area contributed by atoms with Crippen LogP contribution < -0.4 is 20.9 Å². The molecular weight excluding hydrogens is 292 g/mol. The van der Waals surface area contributed by atoms with E-state index in [4.69, 9.17) is 0 Å². The minimum absolute atomic E-state index is 0.00667. The summed E-state index contributed by atoms with van der Waals surface area (Å²) in [6, 6.07) is 5.62. The van der Waals surface area contributed by atoms with E-state index in [1.54, 1.807) is 4.90 Å². The van der Waals surface area contributed by atoms with E-state index in [9.17, 15) is 9.59 Å². The standard InChI is InChI=1S/C17H24N4O2/c1-2-18-17(23)21-10-8-12-6-7-13(11-15(12)21)20-16(22)14-5-3-4-9-19-14/h6-7,11,14,19H,2-5,8-10H2,1H3,(H,18,23)(H,20,22). The van der Waals surface area contributed by atoms with Gasteiger partial charge < -0.3 is 16.0 Å². The number of carbonyl (C=O) groups excluding carboxylic acids is 2. The fourth-order valence-corrected chi connectivity index (χ4v) is 3.22. The Kier molecular flexibility index (Phi) is 4.81. The van der Waals surface area contributed by atoms with Crippen LogP contribution in [0.2, 0.25) is 0 Å². The molecule has 1 aromatic rings. The van der Waals surface area contributed by atoms with Gasteiger partial charge in [-0.05, 0) is 50.4 Å². The van der Waals surface area contributed by atoms with Crippen molar-refractivity contribution in [3.63, 3.8) is 0 Å². The molecule has 2 aliphatic heterocycles. The van der Waals surface area contributed by atoms with Crippen LogP contribution in [0.3, 0.4) is 0 Å². The highest BCUT2D eigenvalue weighted by atomic mass is 16.2. The van der Waals surface area contributed by atoms with Crippen LogP contribution in [0.15, 0.2) is 18.2 Å². The number of piperidine rings is 1. The molecule has 3 N–H and O–H groups in total. The Labute approximate surface area is 136 Å². The molecule has 6 heteroatoms. The van der Waals surface area contributed by atoms with Crippen LogP contribution in [0.4, 0.5) is 16.2 Å². The Hall–Kier alpha value is -2.08. The summed E-state index contributed by atoms with van der Waals surface area (Å²) in [4.78, 5) is 26.2. The largest absolute Gasteiger partial charge is 0.338 e. The molecule has 0 spiro atoms. The summed E-state index contributed by atoms with van der Waals surface area (Å²) in [7, 11) is 0. The third-order valence-corrected chi connectivity index (χ3v) is 4.45. The molecule has 2 heterocycles. The molecule has 1 aromatic carbocycles. The first-order valence-corrected chi connectivity index (χ1v) is 8.41. The van der Waals surface area contributed by atoms with Gasteiger partial charge in [-0.15, -0.1) is 0 Å². The highest BCUT2D eigenvalue weighted by molar-refractivity contribution is 5.98. The van der Waals surface area contributed by atoms with Gasteiger partial charge >= 0.3 is 6.03 Å². The van der Waals surface area contributed by atoms with Crippen molar-refractivity contribution in [2.45, 2.75) is 38.6 Å². The number of nitrogens with zero attached hydrogens (tertiary/aromatic N) is 1. The second-order valence-electron chi connectivity index (χ2n) is 6.07. The van der Waals surface area contributed by atoms with Crippen LogP contribution in [0, 0.1) is 0 Å². The van der Waals surface area contributed by atoms with E-state index in [1.807, 2.05) is 25.1 Å². The summed E-state index contributed by atoms with van der Waals surface area (Å²) in [5.74, 6) is 0.00667. The van der Waals surface area contributed by atoms with Gasteiger partial charge in [0.2, 0.25) is 5.91 Å². The zero-order valence-electron chi connectivity index (χ0n) is 13.5. The number of amides is 3. The Morgan fingerprint density at radius 3 is 2.96 bits per heavy atom. The average Bonchev–Trinajstić information content (AvgIpc) is 2.99. The summed E-state index contributed by atoms with van der Waals surface area (Å²) < 4.78 is 0. The Balaban J connectivity index is 1.71. The summed E-state index contributed by atoms with van der Waals surface area (Å²) in [6.45, 7) is 4.09. The second-order valence-corrected chi connectivity index (χ2v) is 6.07. The van der Waals surface area contributed by atoms with Crippen molar-refractivity contribution in [2.75, 3.05) is 29.9 Å². The molecule has 124 valence electrons. The number of carbonyl (C=O) groups is 2. The van der Waals surface area contributed by atoms with Gasteiger partial charge in [-0.25, -0.2) is 4.79 Å². The maximum absolute atomic E-state index is 12.3. The predicted molar refractivity (Wildman–Crippen MR) is 90.8 cm³/mol. The molecule has 3 amide bonds. The van der Waals surface area contributed by atoms with E-state index in [0.29, 0.717) is 13.1 Å². The topological polar surface area (TPSA) is 73.5 Å². The lowest BCUT2D eigenvalue weighted by molar-refractivity contribution is -0.118. The molecule has 0 aliphatic carbocycles. The highest BCUT2D eigenvalue weighted by Crippen LogP contribution is 2.31. The Morgan fingerprint density at radius 1 is 1.35 bits per heavy atom. The first-order chi connectivity index (χ1) is 11.2. The quantitative estimate of drug-likeness (QED) is 0.797. The van der Waals surface area contributed by atoms with Gasteiger partial charge in [-0.1, -0.05) is 12.5 Å². The molecule has 6 nitrogen and oxygen atoms in total. The molecule has 0 radical (unpaired) electrons. The third kappa shape index (κ3) is 3.47. The first-order valence-electron chi connectivity index (χ1n) is 8.41. The van der Waals surface area contributed by atoms with E-state index in [2.05, 4.69) is 16.0 Å². The lowest BCUT2D eigenvalue weighted by Crippen LogP contribution is -2.43. The fourth-order valence-electron chi connectivity index (χ4n) is 3.22. The minimum atomic E-state index is -0.114. The van der Waals surface area contributed by atoms with Crippen LogP contribution in [0.5, 0.6) is 0 Å². The molecule has 23 heavy (non-hydrogen) atoms. The molecular formula is C17H24N4O2. The van der Waals surface area contributed by atoms with E-state index >= 15 is 0 Å². The maximum Gasteiger partial charge on any atom is 0.321 e. The van der Waals surface area contributed by atoms with Crippen LogP contribution in [-0.2, 0) is 11.2 Å². The maximum atomic E-state index is 12.3. The van der Waals surface area contributed by atoms with Gasteiger partial charge in [-0.2, -0.15) is 0 Å². The monoisotopic (exact) mass is 316 g/mol. The van der Waals surface area contributed by atoms with Crippen molar-refractivity contribution < 1.29 is 9.59 Å². The van der Waals surface area contributed by atoms with Gasteiger partial charge in [0.25, 0.3) is 0 Å². The van der Waals surface area contributed by atoms with E-state index in [0.717, 1.165) is 49.2 Å². The Bertz CT molecular complexity index is 596. The zero-order chi connectivity index (χ0) is 16.2. The molecule has 1 atom stereocenters. The van der Waals surface area contributed by atoms with Crippen molar-refractivity contribution in [2.24, 2.45) is 0 Å². The number of nitrogens with one attached hydrogen (secondary N) is 3. The summed E-state index contributed by atoms with van der Waals surface area (Å²) >= 11 is 0. The van der Waals surface area contributed by atoms with Crippen LogP contribution >= 0.6 is 0 Å². The van der Waals surface area contributed by atoms with Crippen LogP contribution in [-0.4, -0.2) is 37.6 Å². The number of hydrogen-bond donors (Lipinski definition) is 3. The van der Waals surface area contributed by atoms with E-state index in [1.165, 1.54) is 0 Å². The Morgan fingerprint density at radius 2 is 2.22 bits per heavy atom. The first kappa shape index (κ1) is 15.8.